The highest BCUT2D eigenvalue weighted by Gasteiger charge is 2.13. The van der Waals surface area contributed by atoms with Crippen molar-refractivity contribution in [2.75, 3.05) is 19.8 Å². The van der Waals surface area contributed by atoms with Crippen molar-refractivity contribution in [3.63, 3.8) is 0 Å². The topological polar surface area (TPSA) is 65.0 Å². The molecule has 0 amide bonds. The largest absolute Gasteiger partial charge is 0.352 e. The molecular formula is C9H17NO4. The van der Waals surface area contributed by atoms with E-state index in [2.05, 4.69) is 5.18 Å². The van der Waals surface area contributed by atoms with Crippen molar-refractivity contribution in [3.8, 4) is 0 Å². The maximum Gasteiger partial charge on any atom is 0.164 e. The van der Waals surface area contributed by atoms with Gasteiger partial charge in [0.15, 0.2) is 6.29 Å². The van der Waals surface area contributed by atoms with Gasteiger partial charge in [0.05, 0.1) is 13.0 Å². The summed E-state index contributed by atoms with van der Waals surface area (Å²) in [6.45, 7) is 4.71. The van der Waals surface area contributed by atoms with Crippen LogP contribution in [0, 0.1) is 4.91 Å². The smallest absolute Gasteiger partial charge is 0.164 e. The summed E-state index contributed by atoms with van der Waals surface area (Å²) in [6, 6.07) is 0. The number of ether oxygens (including phenoxy) is 2. The van der Waals surface area contributed by atoms with Gasteiger partial charge in [0.1, 0.15) is 5.78 Å². The van der Waals surface area contributed by atoms with E-state index in [-0.39, 0.29) is 25.2 Å². The van der Waals surface area contributed by atoms with Crippen LogP contribution < -0.4 is 0 Å². The summed E-state index contributed by atoms with van der Waals surface area (Å²) < 4.78 is 10.4. The minimum atomic E-state index is -0.482. The van der Waals surface area contributed by atoms with Gasteiger partial charge in [0.2, 0.25) is 0 Å². The van der Waals surface area contributed by atoms with E-state index in [1.807, 2.05) is 13.8 Å². The molecule has 0 unspecified atom stereocenters. The number of nitrogens with zero attached hydrogens (tertiary/aromatic N) is 1. The summed E-state index contributed by atoms with van der Waals surface area (Å²) >= 11 is 0. The van der Waals surface area contributed by atoms with Crippen LogP contribution in [0.25, 0.3) is 0 Å². The molecule has 82 valence electrons. The molecule has 0 radical (unpaired) electrons. The molecule has 0 rings (SSSR count). The van der Waals surface area contributed by atoms with Gasteiger partial charge in [-0.2, -0.15) is 4.91 Å². The van der Waals surface area contributed by atoms with Gasteiger partial charge >= 0.3 is 0 Å². The summed E-state index contributed by atoms with van der Waals surface area (Å²) in [6.07, 6.45) is -0.124. The van der Waals surface area contributed by atoms with E-state index in [1.54, 1.807) is 0 Å². The van der Waals surface area contributed by atoms with Crippen molar-refractivity contribution in [2.24, 2.45) is 5.18 Å². The van der Waals surface area contributed by atoms with E-state index >= 15 is 0 Å². The zero-order valence-electron chi connectivity index (χ0n) is 8.69. The molecule has 0 heterocycles. The maximum atomic E-state index is 11.2. The molecule has 0 bridgehead atoms. The Bertz CT molecular complexity index is 166. The normalized spacial score (nSPS) is 10.5. The first kappa shape index (κ1) is 13.2. The Morgan fingerprint density at radius 2 is 1.86 bits per heavy atom. The van der Waals surface area contributed by atoms with Gasteiger partial charge in [0, 0.05) is 19.6 Å². The number of hydrogen-bond acceptors (Lipinski definition) is 5. The molecular weight excluding hydrogens is 186 g/mol. The molecule has 0 aromatic rings. The Morgan fingerprint density at radius 3 is 2.29 bits per heavy atom. The standard InChI is InChI=1S/C9H17NO4/c1-3-13-9(14-4-2)7-8(11)5-6-10-12/h9H,3-7H2,1-2H3. The lowest BCUT2D eigenvalue weighted by Gasteiger charge is -2.15. The number of rotatable bonds is 9. The van der Waals surface area contributed by atoms with Crippen LogP contribution >= 0.6 is 0 Å². The zero-order valence-corrected chi connectivity index (χ0v) is 8.69. The predicted octanol–water partition coefficient (Wildman–Crippen LogP) is 1.50. The molecule has 5 nitrogen and oxygen atoms in total. The first-order valence-electron chi connectivity index (χ1n) is 4.78. The molecule has 0 aliphatic heterocycles. The third kappa shape index (κ3) is 6.68. The average Bonchev–Trinajstić information content (AvgIpc) is 2.15. The first-order chi connectivity index (χ1) is 6.74. The molecule has 14 heavy (non-hydrogen) atoms. The Morgan fingerprint density at radius 1 is 1.29 bits per heavy atom. The quantitative estimate of drug-likeness (QED) is 0.420. The highest BCUT2D eigenvalue weighted by atomic mass is 16.7. The van der Waals surface area contributed by atoms with Crippen molar-refractivity contribution in [2.45, 2.75) is 33.0 Å². The summed E-state index contributed by atoms with van der Waals surface area (Å²) in [7, 11) is 0. The predicted molar refractivity (Wildman–Crippen MR) is 51.9 cm³/mol. The van der Waals surface area contributed by atoms with Crippen LogP contribution in [-0.2, 0) is 14.3 Å². The highest BCUT2D eigenvalue weighted by Crippen LogP contribution is 2.03. The number of hydrogen-bond donors (Lipinski definition) is 0. The van der Waals surface area contributed by atoms with Gasteiger partial charge in [-0.1, -0.05) is 5.18 Å². The maximum absolute atomic E-state index is 11.2. The lowest BCUT2D eigenvalue weighted by Crippen LogP contribution is -2.21. The Kier molecular flexibility index (Phi) is 8.27. The molecule has 5 heteroatoms. The molecule has 0 saturated carbocycles. The van der Waals surface area contributed by atoms with Gasteiger partial charge < -0.3 is 9.47 Å². The number of ketones is 1. The second-order valence-electron chi connectivity index (χ2n) is 2.69. The fourth-order valence-corrected chi connectivity index (χ4v) is 0.996. The van der Waals surface area contributed by atoms with Crippen molar-refractivity contribution in [1.29, 1.82) is 0 Å². The zero-order chi connectivity index (χ0) is 10.8. The minimum absolute atomic E-state index is 0.0316. The van der Waals surface area contributed by atoms with E-state index < -0.39 is 6.29 Å². The Hall–Kier alpha value is -0.810. The van der Waals surface area contributed by atoms with Crippen LogP contribution in [-0.4, -0.2) is 31.8 Å². The molecule has 0 aliphatic carbocycles. The van der Waals surface area contributed by atoms with Crippen molar-refractivity contribution in [1.82, 2.24) is 0 Å². The number of carbonyl (C=O) groups is 1. The molecule has 0 spiro atoms. The fourth-order valence-electron chi connectivity index (χ4n) is 0.996. The van der Waals surface area contributed by atoms with Crippen molar-refractivity contribution >= 4 is 5.78 Å². The van der Waals surface area contributed by atoms with Crippen LogP contribution in [0.2, 0.25) is 0 Å². The van der Waals surface area contributed by atoms with E-state index in [1.165, 1.54) is 0 Å². The lowest BCUT2D eigenvalue weighted by atomic mass is 10.2. The molecule has 0 atom stereocenters. The Balaban J connectivity index is 3.76. The highest BCUT2D eigenvalue weighted by molar-refractivity contribution is 5.78. The summed E-state index contributed by atoms with van der Waals surface area (Å²) in [5, 5.41) is 2.62. The number of nitroso groups, excluding NO2 is 1. The van der Waals surface area contributed by atoms with Crippen molar-refractivity contribution in [3.05, 3.63) is 4.91 Å². The summed E-state index contributed by atoms with van der Waals surface area (Å²) in [5.41, 5.74) is 0. The third-order valence-corrected chi connectivity index (χ3v) is 1.58. The van der Waals surface area contributed by atoms with Gasteiger partial charge in [-0.05, 0) is 13.8 Å². The van der Waals surface area contributed by atoms with Crippen molar-refractivity contribution < 1.29 is 14.3 Å². The molecule has 0 aromatic heterocycles. The van der Waals surface area contributed by atoms with Gasteiger partial charge in [-0.3, -0.25) is 4.79 Å². The second-order valence-corrected chi connectivity index (χ2v) is 2.69. The van der Waals surface area contributed by atoms with E-state index in [9.17, 15) is 9.70 Å². The summed E-state index contributed by atoms with van der Waals surface area (Å²) in [4.78, 5) is 21.0. The molecule has 0 aromatic carbocycles. The molecule has 0 saturated heterocycles. The van der Waals surface area contributed by atoms with Gasteiger partial charge in [-0.25, -0.2) is 0 Å². The third-order valence-electron chi connectivity index (χ3n) is 1.58. The van der Waals surface area contributed by atoms with Crippen LogP contribution in [0.15, 0.2) is 5.18 Å². The molecule has 0 fully saturated rings. The molecule has 0 N–H and O–H groups in total. The Labute approximate surface area is 83.7 Å². The van der Waals surface area contributed by atoms with E-state index in [0.717, 1.165) is 0 Å². The van der Waals surface area contributed by atoms with Crippen LogP contribution in [0.4, 0.5) is 0 Å². The number of carbonyl (C=O) groups excluding carboxylic acids is 1. The van der Waals surface area contributed by atoms with E-state index in [0.29, 0.717) is 13.2 Å². The first-order valence-corrected chi connectivity index (χ1v) is 4.78. The van der Waals surface area contributed by atoms with Crippen LogP contribution in [0.1, 0.15) is 26.7 Å². The number of Topliss-reactive ketones (excluding diaryl/α,β-unsaturated/α-hetero) is 1. The SMILES string of the molecule is CCOC(CC(=O)CCN=O)OCC. The van der Waals surface area contributed by atoms with Gasteiger partial charge in [0.25, 0.3) is 0 Å². The summed E-state index contributed by atoms with van der Waals surface area (Å²) in [5.74, 6) is -0.0588. The fraction of sp³-hybridized carbons (Fsp3) is 0.889. The van der Waals surface area contributed by atoms with Crippen LogP contribution in [0.3, 0.4) is 0 Å². The van der Waals surface area contributed by atoms with Crippen LogP contribution in [0.5, 0.6) is 0 Å². The lowest BCUT2D eigenvalue weighted by molar-refractivity contribution is -0.151. The molecule has 0 aliphatic rings. The average molecular weight is 203 g/mol. The van der Waals surface area contributed by atoms with Gasteiger partial charge in [-0.15, -0.1) is 0 Å². The monoisotopic (exact) mass is 203 g/mol. The second kappa shape index (κ2) is 8.77. The minimum Gasteiger partial charge on any atom is -0.352 e. The van der Waals surface area contributed by atoms with E-state index in [4.69, 9.17) is 9.47 Å².